The van der Waals surface area contributed by atoms with Crippen LogP contribution in [0.1, 0.15) is 41.6 Å². The van der Waals surface area contributed by atoms with Gasteiger partial charge in [-0.1, -0.05) is 25.0 Å². The Morgan fingerprint density at radius 3 is 2.23 bits per heavy atom. The normalized spacial score (nSPS) is 15.1. The second-order valence-electron chi connectivity index (χ2n) is 6.43. The molecule has 26 heavy (non-hydrogen) atoms. The number of amides is 1. The van der Waals surface area contributed by atoms with Gasteiger partial charge in [0.1, 0.15) is 5.82 Å². The summed E-state index contributed by atoms with van der Waals surface area (Å²) in [7, 11) is -3.71. The lowest BCUT2D eigenvalue weighted by Gasteiger charge is -2.12. The molecule has 0 bridgehead atoms. The molecule has 0 spiro atoms. The zero-order valence-electron chi connectivity index (χ0n) is 14.2. The third-order valence-corrected chi connectivity index (χ3v) is 5.91. The van der Waals surface area contributed by atoms with Crippen molar-refractivity contribution in [1.29, 1.82) is 0 Å². The minimum atomic E-state index is -3.71. The van der Waals surface area contributed by atoms with Crippen LogP contribution in [-0.2, 0) is 16.6 Å². The van der Waals surface area contributed by atoms with Crippen LogP contribution in [0.4, 0.5) is 4.39 Å². The molecule has 7 heteroatoms. The summed E-state index contributed by atoms with van der Waals surface area (Å²) in [5.74, 6) is -0.553. The lowest BCUT2D eigenvalue weighted by molar-refractivity contribution is 0.0938. The van der Waals surface area contributed by atoms with Crippen molar-refractivity contribution in [2.24, 2.45) is 0 Å². The molecule has 0 saturated heterocycles. The molecule has 138 valence electrons. The van der Waals surface area contributed by atoms with Crippen molar-refractivity contribution in [2.75, 3.05) is 0 Å². The molecule has 1 amide bonds. The number of hydrogen-bond acceptors (Lipinski definition) is 3. The molecule has 0 aromatic heterocycles. The molecule has 1 aliphatic carbocycles. The van der Waals surface area contributed by atoms with Gasteiger partial charge in [-0.3, -0.25) is 4.79 Å². The van der Waals surface area contributed by atoms with Crippen LogP contribution in [0.2, 0.25) is 0 Å². The van der Waals surface area contributed by atoms with Gasteiger partial charge in [0.05, 0.1) is 4.90 Å². The first-order chi connectivity index (χ1) is 12.4. The van der Waals surface area contributed by atoms with Crippen molar-refractivity contribution in [1.82, 2.24) is 10.0 Å². The van der Waals surface area contributed by atoms with E-state index in [1.165, 1.54) is 48.5 Å². The second kappa shape index (κ2) is 7.97. The molecule has 0 unspecified atom stereocenters. The van der Waals surface area contributed by atoms with E-state index < -0.39 is 10.0 Å². The topological polar surface area (TPSA) is 75.3 Å². The molecule has 0 atom stereocenters. The molecule has 1 saturated carbocycles. The lowest BCUT2D eigenvalue weighted by Crippen LogP contribution is -2.32. The number of hydrogen-bond donors (Lipinski definition) is 2. The maximum atomic E-state index is 12.9. The zero-order chi connectivity index (χ0) is 18.6. The Bertz CT molecular complexity index is 859. The van der Waals surface area contributed by atoms with Gasteiger partial charge in [0.2, 0.25) is 10.0 Å². The molecule has 5 nitrogen and oxygen atoms in total. The summed E-state index contributed by atoms with van der Waals surface area (Å²) in [6, 6.07) is 11.7. The fourth-order valence-corrected chi connectivity index (χ4v) is 4.01. The number of halogens is 1. The third-order valence-electron chi connectivity index (χ3n) is 4.50. The molecule has 3 rings (SSSR count). The third kappa shape index (κ3) is 4.68. The molecular weight excluding hydrogens is 355 g/mol. The first-order valence-electron chi connectivity index (χ1n) is 8.59. The Kier molecular flexibility index (Phi) is 5.68. The van der Waals surface area contributed by atoms with E-state index in [2.05, 4.69) is 10.0 Å². The molecule has 2 aromatic carbocycles. The zero-order valence-corrected chi connectivity index (χ0v) is 15.1. The van der Waals surface area contributed by atoms with Gasteiger partial charge in [0.15, 0.2) is 0 Å². The number of rotatable bonds is 6. The minimum absolute atomic E-state index is 0.0620. The van der Waals surface area contributed by atoms with Crippen LogP contribution in [-0.4, -0.2) is 20.4 Å². The van der Waals surface area contributed by atoms with Crippen molar-refractivity contribution in [3.63, 3.8) is 0 Å². The van der Waals surface area contributed by atoms with Crippen LogP contribution in [0, 0.1) is 5.82 Å². The molecule has 2 aromatic rings. The highest BCUT2D eigenvalue weighted by Crippen LogP contribution is 2.18. The molecular formula is C19H21FN2O3S. The summed E-state index contributed by atoms with van der Waals surface area (Å²) in [5, 5.41) is 2.97. The molecule has 0 heterocycles. The number of carbonyl (C=O) groups excluding carboxylic acids is 1. The molecule has 1 aliphatic rings. The molecule has 1 fully saturated rings. The average molecular weight is 376 g/mol. The second-order valence-corrected chi connectivity index (χ2v) is 8.20. The monoisotopic (exact) mass is 376 g/mol. The number of nitrogens with one attached hydrogen (secondary N) is 2. The van der Waals surface area contributed by atoms with Crippen molar-refractivity contribution in [3.05, 3.63) is 65.5 Å². The van der Waals surface area contributed by atoms with Gasteiger partial charge in [0, 0.05) is 18.2 Å². The highest BCUT2D eigenvalue weighted by molar-refractivity contribution is 7.89. The van der Waals surface area contributed by atoms with Crippen molar-refractivity contribution in [2.45, 2.75) is 43.2 Å². The molecule has 0 radical (unpaired) electrons. The number of carbonyl (C=O) groups is 1. The van der Waals surface area contributed by atoms with Crippen LogP contribution in [0.25, 0.3) is 0 Å². The maximum absolute atomic E-state index is 12.9. The maximum Gasteiger partial charge on any atom is 0.251 e. The first-order valence-corrected chi connectivity index (χ1v) is 10.1. The Morgan fingerprint density at radius 1 is 1.00 bits per heavy atom. The fourth-order valence-electron chi connectivity index (χ4n) is 2.99. The summed E-state index contributed by atoms with van der Waals surface area (Å²) in [5.41, 5.74) is 1.09. The summed E-state index contributed by atoms with van der Waals surface area (Å²) in [4.78, 5) is 12.3. The fraction of sp³-hybridized carbons (Fsp3) is 0.316. The predicted octanol–water partition coefficient (Wildman–Crippen LogP) is 2.98. The Hall–Kier alpha value is -2.25. The van der Waals surface area contributed by atoms with Gasteiger partial charge < -0.3 is 5.32 Å². The highest BCUT2D eigenvalue weighted by Gasteiger charge is 2.19. The van der Waals surface area contributed by atoms with Gasteiger partial charge in [-0.2, -0.15) is 0 Å². The summed E-state index contributed by atoms with van der Waals surface area (Å²) in [6.45, 7) is 0.0620. The molecule has 0 aliphatic heterocycles. The Morgan fingerprint density at radius 2 is 1.62 bits per heavy atom. The van der Waals surface area contributed by atoms with Gasteiger partial charge >= 0.3 is 0 Å². The SMILES string of the molecule is O=C(NC1CCCC1)c1ccc(S(=O)(=O)NCc2ccc(F)cc2)cc1. The van der Waals surface area contributed by atoms with Crippen LogP contribution >= 0.6 is 0 Å². The smallest absolute Gasteiger partial charge is 0.251 e. The Labute approximate surface area is 152 Å². The van der Waals surface area contributed by atoms with E-state index in [1.807, 2.05) is 0 Å². The van der Waals surface area contributed by atoms with E-state index in [0.717, 1.165) is 25.7 Å². The van der Waals surface area contributed by atoms with Crippen LogP contribution in [0.5, 0.6) is 0 Å². The van der Waals surface area contributed by atoms with E-state index in [0.29, 0.717) is 11.1 Å². The molecule has 2 N–H and O–H groups in total. The highest BCUT2D eigenvalue weighted by atomic mass is 32.2. The number of benzene rings is 2. The van der Waals surface area contributed by atoms with Gasteiger partial charge in [0.25, 0.3) is 5.91 Å². The minimum Gasteiger partial charge on any atom is -0.349 e. The lowest BCUT2D eigenvalue weighted by atomic mass is 10.2. The van der Waals surface area contributed by atoms with E-state index in [1.54, 1.807) is 0 Å². The summed E-state index contributed by atoms with van der Waals surface area (Å²) in [6.07, 6.45) is 4.24. The van der Waals surface area contributed by atoms with Crippen LogP contribution < -0.4 is 10.0 Å². The standard InChI is InChI=1S/C19H21FN2O3S/c20-16-9-5-14(6-10-16)13-21-26(24,25)18-11-7-15(8-12-18)19(23)22-17-3-1-2-4-17/h5-12,17,21H,1-4,13H2,(H,22,23). The quantitative estimate of drug-likeness (QED) is 0.814. The Balaban J connectivity index is 1.62. The van der Waals surface area contributed by atoms with Gasteiger partial charge in [-0.05, 0) is 54.8 Å². The summed E-state index contributed by atoms with van der Waals surface area (Å²) < 4.78 is 40.0. The number of sulfonamides is 1. The largest absolute Gasteiger partial charge is 0.349 e. The van der Waals surface area contributed by atoms with Gasteiger partial charge in [-0.15, -0.1) is 0 Å². The van der Waals surface area contributed by atoms with Crippen LogP contribution in [0.15, 0.2) is 53.4 Å². The summed E-state index contributed by atoms with van der Waals surface area (Å²) >= 11 is 0. The van der Waals surface area contributed by atoms with E-state index in [4.69, 9.17) is 0 Å². The van der Waals surface area contributed by atoms with E-state index in [9.17, 15) is 17.6 Å². The van der Waals surface area contributed by atoms with Crippen molar-refractivity contribution >= 4 is 15.9 Å². The average Bonchev–Trinajstić information content (AvgIpc) is 3.14. The van der Waals surface area contributed by atoms with Crippen LogP contribution in [0.3, 0.4) is 0 Å². The van der Waals surface area contributed by atoms with Gasteiger partial charge in [-0.25, -0.2) is 17.5 Å². The van der Waals surface area contributed by atoms with Crippen molar-refractivity contribution in [3.8, 4) is 0 Å². The van der Waals surface area contributed by atoms with E-state index >= 15 is 0 Å². The van der Waals surface area contributed by atoms with Crippen molar-refractivity contribution < 1.29 is 17.6 Å². The van der Waals surface area contributed by atoms with E-state index in [-0.39, 0.29) is 29.2 Å². The predicted molar refractivity (Wildman–Crippen MR) is 96.6 cm³/mol. The first kappa shape index (κ1) is 18.5.